The van der Waals surface area contributed by atoms with Crippen LogP contribution in [-0.4, -0.2) is 22.3 Å². The predicted molar refractivity (Wildman–Crippen MR) is 65.7 cm³/mol. The van der Waals surface area contributed by atoms with E-state index in [4.69, 9.17) is 10.3 Å². The minimum absolute atomic E-state index is 0.00889. The fourth-order valence-electron chi connectivity index (χ4n) is 1.52. The Morgan fingerprint density at radius 1 is 1.39 bits per heavy atom. The molecule has 0 unspecified atom stereocenters. The van der Waals surface area contributed by atoms with Gasteiger partial charge < -0.3 is 10.3 Å². The minimum atomic E-state index is -0.434. The molecule has 96 valence electrons. The molecule has 0 spiro atoms. The Balaban J connectivity index is 2.69. The van der Waals surface area contributed by atoms with E-state index < -0.39 is 11.8 Å². The van der Waals surface area contributed by atoms with Crippen LogP contribution in [0, 0.1) is 0 Å². The summed E-state index contributed by atoms with van der Waals surface area (Å²) in [6, 6.07) is 0. The highest BCUT2D eigenvalue weighted by molar-refractivity contribution is 6.49. The van der Waals surface area contributed by atoms with Crippen molar-refractivity contribution in [2.75, 3.05) is 0 Å². The molecule has 18 heavy (non-hydrogen) atoms. The molecule has 0 aromatic rings. The zero-order chi connectivity index (χ0) is 13.5. The van der Waals surface area contributed by atoms with Crippen LogP contribution in [-0.2, 0) is 14.3 Å². The van der Waals surface area contributed by atoms with Crippen molar-refractivity contribution >= 4 is 17.5 Å². The van der Waals surface area contributed by atoms with Gasteiger partial charge >= 0.3 is 11.7 Å². The normalized spacial score (nSPS) is 14.8. The van der Waals surface area contributed by atoms with Gasteiger partial charge in [-0.25, -0.2) is 0 Å². The molecule has 1 rings (SSSR count). The lowest BCUT2D eigenvalue weighted by Crippen LogP contribution is -2.24. The van der Waals surface area contributed by atoms with E-state index in [9.17, 15) is 9.59 Å². The number of unbranched alkanes of at least 4 members (excludes halogenated alkanes) is 2. The summed E-state index contributed by atoms with van der Waals surface area (Å²) < 4.78 is 5.03. The Labute approximate surface area is 106 Å². The molecule has 0 fully saturated rings. The molecule has 0 radical (unpaired) electrons. The molecule has 0 aromatic carbocycles. The number of rotatable bonds is 5. The molecule has 0 heterocycles. The molecule has 0 N–H and O–H groups in total. The number of allylic oxidation sites excluding steroid dienone is 4. The predicted octanol–water partition coefficient (Wildman–Crippen LogP) is 2.19. The minimum Gasteiger partial charge on any atom is -0.418 e. The van der Waals surface area contributed by atoms with Gasteiger partial charge in [0.05, 0.1) is 0 Å². The first kappa shape index (κ1) is 14.1. The average Bonchev–Trinajstić information content (AvgIpc) is 2.35. The number of carbonyl (C=O) groups is 2. The third kappa shape index (κ3) is 3.50. The van der Waals surface area contributed by atoms with E-state index >= 15 is 0 Å². The molecule has 0 aromatic heterocycles. The monoisotopic (exact) mass is 248 g/mol. The standard InChI is InChI=1S/C13H16N2O3/c1-3-4-5-6-11(16)18-10-8-7-9(2)13(17)12(10)15-14/h7-8H,3-6H2,1-2H3. The van der Waals surface area contributed by atoms with E-state index in [1.807, 2.05) is 6.92 Å². The van der Waals surface area contributed by atoms with Crippen LogP contribution in [0.15, 0.2) is 23.5 Å². The topological polar surface area (TPSA) is 79.8 Å². The van der Waals surface area contributed by atoms with Gasteiger partial charge in [-0.1, -0.05) is 25.8 Å². The highest BCUT2D eigenvalue weighted by atomic mass is 16.5. The highest BCUT2D eigenvalue weighted by Gasteiger charge is 2.32. The SMILES string of the molecule is CCCCCC(=O)OC1=CC=C(C)C(=O)C1=[N+]=[N-]. The molecule has 0 saturated carbocycles. The summed E-state index contributed by atoms with van der Waals surface area (Å²) in [4.78, 5) is 26.0. The van der Waals surface area contributed by atoms with Crippen molar-refractivity contribution in [3.63, 3.8) is 0 Å². The fraction of sp³-hybridized carbons (Fsp3) is 0.462. The van der Waals surface area contributed by atoms with E-state index in [0.29, 0.717) is 12.0 Å². The van der Waals surface area contributed by atoms with Crippen LogP contribution in [0.5, 0.6) is 0 Å². The van der Waals surface area contributed by atoms with E-state index in [0.717, 1.165) is 19.3 Å². The van der Waals surface area contributed by atoms with E-state index in [1.54, 1.807) is 6.92 Å². The number of ether oxygens (including phenoxy) is 1. The number of nitrogens with zero attached hydrogens (tertiary/aromatic N) is 2. The van der Waals surface area contributed by atoms with Gasteiger partial charge in [-0.2, -0.15) is 4.79 Å². The average molecular weight is 248 g/mol. The molecule has 0 amide bonds. The molecule has 5 heteroatoms. The summed E-state index contributed by atoms with van der Waals surface area (Å²) in [5.74, 6) is -0.845. The van der Waals surface area contributed by atoms with Crippen molar-refractivity contribution in [3.05, 3.63) is 29.0 Å². The fourth-order valence-corrected chi connectivity index (χ4v) is 1.52. The second-order valence-corrected chi connectivity index (χ2v) is 4.09. The molecule has 1 aliphatic carbocycles. The molecule has 0 saturated heterocycles. The summed E-state index contributed by atoms with van der Waals surface area (Å²) in [6.45, 7) is 3.64. The van der Waals surface area contributed by atoms with Crippen molar-refractivity contribution in [3.8, 4) is 0 Å². The van der Waals surface area contributed by atoms with Gasteiger partial charge in [-0.15, -0.1) is 0 Å². The maximum atomic E-state index is 11.6. The van der Waals surface area contributed by atoms with Gasteiger partial charge in [-0.05, 0) is 19.4 Å². The lowest BCUT2D eigenvalue weighted by molar-refractivity contribution is -0.139. The Morgan fingerprint density at radius 3 is 2.72 bits per heavy atom. The Kier molecular flexibility index (Phi) is 5.21. The maximum absolute atomic E-state index is 11.6. The third-order valence-electron chi connectivity index (χ3n) is 2.60. The Bertz CT molecular complexity index is 469. The van der Waals surface area contributed by atoms with Crippen molar-refractivity contribution in [2.45, 2.75) is 39.5 Å². The van der Waals surface area contributed by atoms with Gasteiger partial charge in [0.15, 0.2) is 0 Å². The molecular weight excluding hydrogens is 232 g/mol. The van der Waals surface area contributed by atoms with Crippen molar-refractivity contribution in [1.82, 2.24) is 0 Å². The summed E-state index contributed by atoms with van der Waals surface area (Å²) in [5.41, 5.74) is 9.00. The molecule has 0 atom stereocenters. The lowest BCUT2D eigenvalue weighted by atomic mass is 10.0. The zero-order valence-corrected chi connectivity index (χ0v) is 10.6. The van der Waals surface area contributed by atoms with Gasteiger partial charge in [-0.3, -0.25) is 9.59 Å². The van der Waals surface area contributed by atoms with Crippen LogP contribution in [0.1, 0.15) is 39.5 Å². The first-order valence-corrected chi connectivity index (χ1v) is 5.96. The highest BCUT2D eigenvalue weighted by Crippen LogP contribution is 2.14. The summed E-state index contributed by atoms with van der Waals surface area (Å²) in [6.07, 6.45) is 6.00. The lowest BCUT2D eigenvalue weighted by Gasteiger charge is -2.07. The van der Waals surface area contributed by atoms with Gasteiger partial charge in [0.1, 0.15) is 0 Å². The summed E-state index contributed by atoms with van der Waals surface area (Å²) >= 11 is 0. The molecule has 5 nitrogen and oxygen atoms in total. The van der Waals surface area contributed by atoms with Crippen LogP contribution < -0.4 is 0 Å². The second-order valence-electron chi connectivity index (χ2n) is 4.09. The molecule has 0 aliphatic heterocycles. The van der Waals surface area contributed by atoms with Gasteiger partial charge in [0, 0.05) is 12.0 Å². The van der Waals surface area contributed by atoms with Gasteiger partial charge in [0.25, 0.3) is 5.78 Å². The number of Topliss-reactive ketones (excluding diaryl/α,β-unsaturated/α-hetero) is 1. The largest absolute Gasteiger partial charge is 0.418 e. The number of esters is 1. The van der Waals surface area contributed by atoms with Crippen LogP contribution in [0.4, 0.5) is 0 Å². The van der Waals surface area contributed by atoms with Crippen LogP contribution in [0.2, 0.25) is 0 Å². The van der Waals surface area contributed by atoms with Crippen LogP contribution >= 0.6 is 0 Å². The number of ketones is 1. The Hall–Kier alpha value is -2.00. The quantitative estimate of drug-likeness (QED) is 0.246. The molecular formula is C13H16N2O3. The first-order chi connectivity index (χ1) is 8.60. The third-order valence-corrected chi connectivity index (χ3v) is 2.60. The van der Waals surface area contributed by atoms with Crippen LogP contribution in [0.3, 0.4) is 0 Å². The van der Waals surface area contributed by atoms with E-state index in [1.165, 1.54) is 12.2 Å². The molecule has 1 aliphatic rings. The summed E-state index contributed by atoms with van der Waals surface area (Å²) in [5, 5.41) is 0. The van der Waals surface area contributed by atoms with Crippen LogP contribution in [0.25, 0.3) is 5.53 Å². The number of carbonyl (C=O) groups excluding carboxylic acids is 2. The maximum Gasteiger partial charge on any atom is 0.404 e. The molecule has 0 bridgehead atoms. The van der Waals surface area contributed by atoms with Crippen molar-refractivity contribution in [1.29, 1.82) is 0 Å². The smallest absolute Gasteiger partial charge is 0.404 e. The zero-order valence-electron chi connectivity index (χ0n) is 10.6. The first-order valence-electron chi connectivity index (χ1n) is 5.96. The van der Waals surface area contributed by atoms with Gasteiger partial charge in [0.2, 0.25) is 5.76 Å². The number of hydrogen-bond donors (Lipinski definition) is 0. The van der Waals surface area contributed by atoms with E-state index in [-0.39, 0.29) is 11.5 Å². The summed E-state index contributed by atoms with van der Waals surface area (Å²) in [7, 11) is 0. The Morgan fingerprint density at radius 2 is 2.11 bits per heavy atom. The second kappa shape index (κ2) is 6.67. The van der Waals surface area contributed by atoms with Crippen molar-refractivity contribution in [2.24, 2.45) is 0 Å². The van der Waals surface area contributed by atoms with Crippen molar-refractivity contribution < 1.29 is 19.1 Å². The van der Waals surface area contributed by atoms with E-state index in [2.05, 4.69) is 4.79 Å². The number of hydrogen-bond acceptors (Lipinski definition) is 3.